The summed E-state index contributed by atoms with van der Waals surface area (Å²) in [5, 5.41) is 8.13. The Hall–Kier alpha value is -3.44. The van der Waals surface area contributed by atoms with E-state index in [1.54, 1.807) is 41.5 Å². The highest BCUT2D eigenvalue weighted by Gasteiger charge is 2.70. The molecule has 0 bridgehead atoms. The van der Waals surface area contributed by atoms with Gasteiger partial charge in [-0.3, -0.25) is 19.2 Å². The van der Waals surface area contributed by atoms with E-state index < -0.39 is 70.5 Å². The molecule has 5 amide bonds. The van der Waals surface area contributed by atoms with Crippen LogP contribution >= 0.6 is 0 Å². The summed E-state index contributed by atoms with van der Waals surface area (Å²) in [7, 11) is 0. The van der Waals surface area contributed by atoms with Gasteiger partial charge in [-0.15, -0.1) is 0 Å². The Morgan fingerprint density at radius 2 is 1.52 bits per heavy atom. The number of piperidine rings is 1. The summed E-state index contributed by atoms with van der Waals surface area (Å²) in [6, 6.07) is -4.69. The number of ketones is 1. The van der Waals surface area contributed by atoms with E-state index in [9.17, 15) is 28.8 Å². The predicted molar refractivity (Wildman–Crippen MR) is 154 cm³/mol. The Labute approximate surface area is 247 Å². The molecule has 1 heterocycles. The van der Waals surface area contributed by atoms with Crippen molar-refractivity contribution in [1.29, 1.82) is 0 Å². The molecule has 0 aromatic rings. The molecule has 12 nitrogen and oxygen atoms in total. The molecule has 42 heavy (non-hydrogen) atoms. The first-order chi connectivity index (χ1) is 19.2. The molecular formula is C30H47N5O7. The lowest BCUT2D eigenvalue weighted by atomic mass is 9.85. The molecule has 2 saturated carbocycles. The van der Waals surface area contributed by atoms with Crippen molar-refractivity contribution < 1.29 is 33.5 Å². The van der Waals surface area contributed by atoms with E-state index in [-0.39, 0.29) is 29.8 Å². The molecule has 0 spiro atoms. The van der Waals surface area contributed by atoms with Crippen LogP contribution in [0.15, 0.2) is 12.7 Å². The van der Waals surface area contributed by atoms with Gasteiger partial charge in [0.25, 0.3) is 5.91 Å². The molecule has 0 aromatic carbocycles. The van der Waals surface area contributed by atoms with Crippen molar-refractivity contribution >= 4 is 35.5 Å². The number of carbonyl (C=O) groups is 6. The molecular weight excluding hydrogens is 542 g/mol. The molecule has 6 atom stereocenters. The highest BCUT2D eigenvalue weighted by Crippen LogP contribution is 2.65. The molecule has 234 valence electrons. The van der Waals surface area contributed by atoms with Crippen molar-refractivity contribution in [1.82, 2.24) is 20.9 Å². The third kappa shape index (κ3) is 6.95. The standard InChI is InChI=1S/C30H47N5O7/c1-10-13-42-26(40)22(29(5,6)7)34-27(41)33-21(28(2,3)4)25(39)35-14-16-17(30(16,8)9)19(35)24(38)32-18(15-11-12-15)20(36)23(31)37/h10,15-19,21-22H,1,11-14H2,2-9H3,(H2,31,37)(H,32,38)(H2,33,34,41)/t16-,17-,18?,19-,21+,22+/m0/s1. The van der Waals surface area contributed by atoms with Crippen LogP contribution in [-0.4, -0.2) is 77.7 Å². The summed E-state index contributed by atoms with van der Waals surface area (Å²) in [6.45, 7) is 18.6. The molecule has 0 radical (unpaired) electrons. The summed E-state index contributed by atoms with van der Waals surface area (Å²) in [6.07, 6.45) is 2.81. The Morgan fingerprint density at radius 3 is 2.00 bits per heavy atom. The van der Waals surface area contributed by atoms with Gasteiger partial charge >= 0.3 is 12.0 Å². The number of urea groups is 1. The number of nitrogens with two attached hydrogens (primary N) is 1. The number of ether oxygens (including phenoxy) is 1. The zero-order chi connectivity index (χ0) is 31.9. The number of hydrogen-bond acceptors (Lipinski definition) is 7. The number of primary amides is 1. The van der Waals surface area contributed by atoms with E-state index in [2.05, 4.69) is 22.5 Å². The second-order valence-electron chi connectivity index (χ2n) is 14.6. The maximum absolute atomic E-state index is 14.1. The minimum absolute atomic E-state index is 0.0124. The average molecular weight is 590 g/mol. The van der Waals surface area contributed by atoms with Gasteiger partial charge in [0.1, 0.15) is 30.8 Å². The molecule has 0 aromatic heterocycles. The van der Waals surface area contributed by atoms with Gasteiger partial charge < -0.3 is 31.3 Å². The highest BCUT2D eigenvalue weighted by atomic mass is 16.5. The number of nitrogens with zero attached hydrogens (tertiary/aromatic N) is 1. The van der Waals surface area contributed by atoms with E-state index in [0.29, 0.717) is 19.4 Å². The number of hydrogen-bond donors (Lipinski definition) is 4. The number of carbonyl (C=O) groups excluding carboxylic acids is 6. The number of Topliss-reactive ketones (excluding diaryl/α,β-unsaturated/α-hetero) is 1. The summed E-state index contributed by atoms with van der Waals surface area (Å²) >= 11 is 0. The number of fused-ring (bicyclic) bond motifs is 1. The van der Waals surface area contributed by atoms with Crippen molar-refractivity contribution in [3.63, 3.8) is 0 Å². The number of esters is 1. The maximum Gasteiger partial charge on any atom is 0.329 e. The van der Waals surface area contributed by atoms with Crippen molar-refractivity contribution in [2.75, 3.05) is 13.2 Å². The second kappa shape index (κ2) is 11.7. The van der Waals surface area contributed by atoms with Crippen LogP contribution in [0.5, 0.6) is 0 Å². The Morgan fingerprint density at radius 1 is 0.976 bits per heavy atom. The van der Waals surface area contributed by atoms with Gasteiger partial charge in [-0.2, -0.15) is 0 Å². The van der Waals surface area contributed by atoms with Crippen molar-refractivity contribution in [2.24, 2.45) is 39.7 Å². The van der Waals surface area contributed by atoms with Gasteiger partial charge in [-0.25, -0.2) is 9.59 Å². The van der Waals surface area contributed by atoms with E-state index in [1.165, 1.54) is 11.0 Å². The van der Waals surface area contributed by atoms with E-state index in [0.717, 1.165) is 0 Å². The number of amides is 5. The first kappa shape index (κ1) is 33.1. The molecule has 1 aliphatic heterocycles. The first-order valence-corrected chi connectivity index (χ1v) is 14.5. The first-order valence-electron chi connectivity index (χ1n) is 14.5. The van der Waals surface area contributed by atoms with Crippen molar-refractivity contribution in [2.45, 2.75) is 92.4 Å². The van der Waals surface area contributed by atoms with Crippen LogP contribution in [0.2, 0.25) is 0 Å². The molecule has 3 aliphatic rings. The van der Waals surface area contributed by atoms with Crippen LogP contribution in [0.3, 0.4) is 0 Å². The lowest BCUT2D eigenvalue weighted by Crippen LogP contribution is -2.62. The third-order valence-corrected chi connectivity index (χ3v) is 8.79. The summed E-state index contributed by atoms with van der Waals surface area (Å²) in [5.74, 6) is -3.81. The van der Waals surface area contributed by atoms with E-state index in [4.69, 9.17) is 10.5 Å². The zero-order valence-corrected chi connectivity index (χ0v) is 26.0. The molecule has 3 rings (SSSR count). The molecule has 5 N–H and O–H groups in total. The Balaban J connectivity index is 1.82. The van der Waals surface area contributed by atoms with E-state index >= 15 is 0 Å². The number of likely N-dealkylation sites (tertiary alicyclic amines) is 1. The summed E-state index contributed by atoms with van der Waals surface area (Å²) < 4.78 is 5.17. The van der Waals surface area contributed by atoms with Crippen LogP contribution in [0.1, 0.15) is 68.2 Å². The number of nitrogens with one attached hydrogen (secondary N) is 3. The van der Waals surface area contributed by atoms with Gasteiger partial charge in [0.15, 0.2) is 0 Å². The van der Waals surface area contributed by atoms with Gasteiger partial charge in [0.05, 0.1) is 0 Å². The number of rotatable bonds is 11. The fraction of sp³-hybridized carbons (Fsp3) is 0.733. The maximum atomic E-state index is 14.1. The molecule has 1 saturated heterocycles. The Bertz CT molecular complexity index is 1150. The topological polar surface area (TPSA) is 177 Å². The quantitative estimate of drug-likeness (QED) is 0.159. The molecule has 12 heteroatoms. The molecule has 3 fully saturated rings. The van der Waals surface area contributed by atoms with E-state index in [1.807, 2.05) is 13.8 Å². The fourth-order valence-corrected chi connectivity index (χ4v) is 6.00. The van der Waals surface area contributed by atoms with Gasteiger partial charge in [0, 0.05) is 6.54 Å². The normalized spacial score (nSPS) is 24.8. The van der Waals surface area contributed by atoms with Crippen molar-refractivity contribution in [3.05, 3.63) is 12.7 Å². The van der Waals surface area contributed by atoms with Crippen LogP contribution in [0, 0.1) is 34.0 Å². The van der Waals surface area contributed by atoms with Crippen LogP contribution in [0.25, 0.3) is 0 Å². The summed E-state index contributed by atoms with van der Waals surface area (Å²) in [5.41, 5.74) is 3.58. The Kier molecular flexibility index (Phi) is 9.20. The van der Waals surface area contributed by atoms with Crippen LogP contribution < -0.4 is 21.7 Å². The smallest absolute Gasteiger partial charge is 0.329 e. The highest BCUT2D eigenvalue weighted by molar-refractivity contribution is 6.38. The van der Waals surface area contributed by atoms with Gasteiger partial charge in [0.2, 0.25) is 17.6 Å². The minimum Gasteiger partial charge on any atom is -0.460 e. The second-order valence-corrected chi connectivity index (χ2v) is 14.6. The predicted octanol–water partition coefficient (Wildman–Crippen LogP) is 1.28. The lowest BCUT2D eigenvalue weighted by Gasteiger charge is -2.38. The largest absolute Gasteiger partial charge is 0.460 e. The van der Waals surface area contributed by atoms with Gasteiger partial charge in [-0.05, 0) is 46.8 Å². The zero-order valence-electron chi connectivity index (χ0n) is 26.0. The fourth-order valence-electron chi connectivity index (χ4n) is 6.00. The van der Waals surface area contributed by atoms with Crippen LogP contribution in [-0.2, 0) is 28.7 Å². The van der Waals surface area contributed by atoms with Crippen molar-refractivity contribution in [3.8, 4) is 0 Å². The monoisotopic (exact) mass is 589 g/mol. The minimum atomic E-state index is -1.11. The SMILES string of the molecule is C=CCOC(=O)[C@@H](NC(=O)N[C@H](C(=O)N1C[C@H]2[C@@H]([C@H]1C(=O)NC(C(=O)C(N)=O)C1CC1)C2(C)C)C(C)(C)C)C(C)(C)C. The summed E-state index contributed by atoms with van der Waals surface area (Å²) in [4.78, 5) is 79.3. The van der Waals surface area contributed by atoms with Gasteiger partial charge in [-0.1, -0.05) is 68.0 Å². The molecule has 2 aliphatic carbocycles. The van der Waals surface area contributed by atoms with Crippen LogP contribution in [0.4, 0.5) is 4.79 Å². The lowest BCUT2D eigenvalue weighted by molar-refractivity contribution is -0.147. The molecule has 1 unspecified atom stereocenters. The third-order valence-electron chi connectivity index (χ3n) is 8.79. The average Bonchev–Trinajstić information content (AvgIpc) is 3.74.